The average molecular weight is 479 g/mol. The molecule has 178 valence electrons. The number of carbonyl (C=O) groups is 1. The third-order valence-corrected chi connectivity index (χ3v) is 7.88. The quantitative estimate of drug-likeness (QED) is 0.494. The van der Waals surface area contributed by atoms with Crippen LogP contribution in [-0.4, -0.2) is 39.3 Å². The van der Waals surface area contributed by atoms with Crippen molar-refractivity contribution >= 4 is 17.7 Å². The van der Waals surface area contributed by atoms with Crippen LogP contribution in [0.2, 0.25) is 0 Å². The van der Waals surface area contributed by atoms with E-state index in [1.54, 1.807) is 0 Å². The van der Waals surface area contributed by atoms with Gasteiger partial charge in [-0.3, -0.25) is 9.36 Å². The van der Waals surface area contributed by atoms with E-state index in [0.29, 0.717) is 24.1 Å². The van der Waals surface area contributed by atoms with Gasteiger partial charge in [-0.1, -0.05) is 74.8 Å². The number of nitrogens with zero attached hydrogens (tertiary/aromatic N) is 3. The highest BCUT2D eigenvalue weighted by Crippen LogP contribution is 2.34. The third kappa shape index (κ3) is 4.92. The maximum Gasteiger partial charge on any atom is 0.231 e. The summed E-state index contributed by atoms with van der Waals surface area (Å²) in [5, 5.41) is 12.9. The number of nitrogens with one attached hydrogen (secondary N) is 1. The molecule has 3 aromatic rings. The van der Waals surface area contributed by atoms with Gasteiger partial charge >= 0.3 is 0 Å². The SMILES string of the molecule is CC1CCCC(NC(=O)CSc2nnc(-c3ccccc3)n2Cc2ccc3c(c2)OCO3)C1C. The highest BCUT2D eigenvalue weighted by atomic mass is 32.2. The first kappa shape index (κ1) is 22.8. The molecule has 8 heteroatoms. The smallest absolute Gasteiger partial charge is 0.231 e. The number of hydrogen-bond donors (Lipinski definition) is 1. The van der Waals surface area contributed by atoms with Crippen LogP contribution < -0.4 is 14.8 Å². The number of ether oxygens (including phenoxy) is 2. The second kappa shape index (κ2) is 10.1. The minimum atomic E-state index is 0.0508. The van der Waals surface area contributed by atoms with Gasteiger partial charge in [0.15, 0.2) is 22.5 Å². The lowest BCUT2D eigenvalue weighted by molar-refractivity contribution is -0.120. The van der Waals surface area contributed by atoms with Crippen LogP contribution in [0.3, 0.4) is 0 Å². The number of hydrogen-bond acceptors (Lipinski definition) is 6. The molecule has 1 aliphatic carbocycles. The number of thioether (sulfide) groups is 1. The Kier molecular flexibility index (Phi) is 6.76. The number of benzene rings is 2. The lowest BCUT2D eigenvalue weighted by Crippen LogP contribution is -2.44. The minimum absolute atomic E-state index is 0.0508. The Morgan fingerprint density at radius 3 is 2.76 bits per heavy atom. The van der Waals surface area contributed by atoms with Crippen LogP contribution in [0.25, 0.3) is 11.4 Å². The van der Waals surface area contributed by atoms with Crippen LogP contribution in [-0.2, 0) is 11.3 Å². The molecule has 1 aliphatic heterocycles. The molecular weight excluding hydrogens is 448 g/mol. The molecule has 0 saturated heterocycles. The maximum absolute atomic E-state index is 12.8. The molecule has 1 fully saturated rings. The molecule has 0 radical (unpaired) electrons. The van der Waals surface area contributed by atoms with Crippen molar-refractivity contribution in [3.05, 3.63) is 54.1 Å². The molecule has 3 atom stereocenters. The summed E-state index contributed by atoms with van der Waals surface area (Å²) in [7, 11) is 0. The van der Waals surface area contributed by atoms with Crippen molar-refractivity contribution in [1.29, 1.82) is 0 Å². The van der Waals surface area contributed by atoms with Gasteiger partial charge < -0.3 is 14.8 Å². The Morgan fingerprint density at radius 1 is 1.09 bits per heavy atom. The van der Waals surface area contributed by atoms with E-state index >= 15 is 0 Å². The number of carbonyl (C=O) groups excluding carboxylic acids is 1. The van der Waals surface area contributed by atoms with Crippen LogP contribution in [0.5, 0.6) is 11.5 Å². The van der Waals surface area contributed by atoms with Gasteiger partial charge in [0.1, 0.15) is 0 Å². The molecule has 3 unspecified atom stereocenters. The van der Waals surface area contributed by atoms with Gasteiger partial charge in [-0.25, -0.2) is 0 Å². The van der Waals surface area contributed by atoms with E-state index in [9.17, 15) is 4.79 Å². The van der Waals surface area contributed by atoms with E-state index in [-0.39, 0.29) is 18.7 Å². The van der Waals surface area contributed by atoms with E-state index in [0.717, 1.165) is 40.0 Å². The Balaban J connectivity index is 1.33. The van der Waals surface area contributed by atoms with Crippen molar-refractivity contribution < 1.29 is 14.3 Å². The fourth-order valence-corrected chi connectivity index (χ4v) is 5.47. The number of fused-ring (bicyclic) bond motifs is 1. The summed E-state index contributed by atoms with van der Waals surface area (Å²) in [6.07, 6.45) is 3.47. The Morgan fingerprint density at radius 2 is 1.91 bits per heavy atom. The van der Waals surface area contributed by atoms with Crippen LogP contribution >= 0.6 is 11.8 Å². The summed E-state index contributed by atoms with van der Waals surface area (Å²) in [6.45, 7) is 5.34. The maximum atomic E-state index is 12.8. The number of rotatable bonds is 7. The Labute approximate surface area is 204 Å². The standard InChI is InChI=1S/C26H30N4O3S/c1-17-7-6-10-21(18(17)2)27-24(31)15-34-26-29-28-25(20-8-4-3-5-9-20)30(26)14-19-11-12-22-23(13-19)33-16-32-22/h3-5,8-9,11-13,17-18,21H,6-7,10,14-16H2,1-2H3,(H,27,31). The van der Waals surface area contributed by atoms with Gasteiger partial charge in [-0.15, -0.1) is 10.2 Å². The molecule has 5 rings (SSSR count). The normalized spacial score (nSPS) is 21.4. The monoisotopic (exact) mass is 478 g/mol. The topological polar surface area (TPSA) is 78.3 Å². The molecule has 1 saturated carbocycles. The molecule has 2 heterocycles. The Bertz CT molecular complexity index is 1150. The van der Waals surface area contributed by atoms with Gasteiger partial charge in [0.2, 0.25) is 12.7 Å². The summed E-state index contributed by atoms with van der Waals surface area (Å²) < 4.78 is 13.1. The summed E-state index contributed by atoms with van der Waals surface area (Å²) in [5.74, 6) is 3.79. The van der Waals surface area contributed by atoms with Crippen LogP contribution in [0.4, 0.5) is 0 Å². The first-order chi connectivity index (χ1) is 16.6. The van der Waals surface area contributed by atoms with Crippen molar-refractivity contribution in [2.75, 3.05) is 12.5 Å². The first-order valence-electron chi connectivity index (χ1n) is 11.9. The zero-order valence-corrected chi connectivity index (χ0v) is 20.4. The third-order valence-electron chi connectivity index (χ3n) is 6.91. The van der Waals surface area contributed by atoms with Crippen molar-refractivity contribution in [1.82, 2.24) is 20.1 Å². The minimum Gasteiger partial charge on any atom is -0.454 e. The van der Waals surface area contributed by atoms with Crippen LogP contribution in [0.15, 0.2) is 53.7 Å². The van der Waals surface area contributed by atoms with E-state index in [1.165, 1.54) is 24.6 Å². The molecule has 7 nitrogen and oxygen atoms in total. The number of amides is 1. The molecule has 1 amide bonds. The van der Waals surface area contributed by atoms with E-state index in [4.69, 9.17) is 9.47 Å². The predicted molar refractivity (Wildman–Crippen MR) is 132 cm³/mol. The molecule has 2 aliphatic rings. The second-order valence-corrected chi connectivity index (χ2v) is 10.1. The van der Waals surface area contributed by atoms with Gasteiger partial charge in [0, 0.05) is 11.6 Å². The molecule has 2 aromatic carbocycles. The highest BCUT2D eigenvalue weighted by molar-refractivity contribution is 7.99. The lowest BCUT2D eigenvalue weighted by atomic mass is 9.78. The summed E-state index contributed by atoms with van der Waals surface area (Å²) >= 11 is 1.43. The molecule has 0 bridgehead atoms. The highest BCUT2D eigenvalue weighted by Gasteiger charge is 2.28. The van der Waals surface area contributed by atoms with Crippen LogP contribution in [0.1, 0.15) is 38.7 Å². The second-order valence-electron chi connectivity index (χ2n) is 9.18. The van der Waals surface area contributed by atoms with Gasteiger partial charge in [-0.05, 0) is 36.0 Å². The largest absolute Gasteiger partial charge is 0.454 e. The molecule has 1 aromatic heterocycles. The van der Waals surface area contributed by atoms with Crippen molar-refractivity contribution in [2.24, 2.45) is 11.8 Å². The summed E-state index contributed by atoms with van der Waals surface area (Å²) in [5.41, 5.74) is 2.04. The summed E-state index contributed by atoms with van der Waals surface area (Å²) in [6, 6.07) is 16.2. The predicted octanol–water partition coefficient (Wildman–Crippen LogP) is 4.76. The lowest BCUT2D eigenvalue weighted by Gasteiger charge is -2.34. The molecular formula is C26H30N4O3S. The molecule has 0 spiro atoms. The van der Waals surface area contributed by atoms with Gasteiger partial charge in [0.05, 0.1) is 12.3 Å². The van der Waals surface area contributed by atoms with E-state index in [2.05, 4.69) is 33.9 Å². The zero-order chi connectivity index (χ0) is 23.5. The fourth-order valence-electron chi connectivity index (χ4n) is 4.72. The van der Waals surface area contributed by atoms with Crippen LogP contribution in [0, 0.1) is 11.8 Å². The van der Waals surface area contributed by atoms with Crippen molar-refractivity contribution in [3.63, 3.8) is 0 Å². The van der Waals surface area contributed by atoms with Gasteiger partial charge in [0.25, 0.3) is 0 Å². The average Bonchev–Trinajstić information content (AvgIpc) is 3.48. The first-order valence-corrected chi connectivity index (χ1v) is 12.9. The molecule has 34 heavy (non-hydrogen) atoms. The van der Waals surface area contributed by atoms with E-state index < -0.39 is 0 Å². The fraction of sp³-hybridized carbons (Fsp3) is 0.423. The van der Waals surface area contributed by atoms with E-state index in [1.807, 2.05) is 48.5 Å². The zero-order valence-electron chi connectivity index (χ0n) is 19.6. The Hall–Kier alpha value is -3.00. The number of aromatic nitrogens is 3. The van der Waals surface area contributed by atoms with Gasteiger partial charge in [-0.2, -0.15) is 0 Å². The summed E-state index contributed by atoms with van der Waals surface area (Å²) in [4.78, 5) is 12.8. The van der Waals surface area contributed by atoms with Crippen molar-refractivity contribution in [3.8, 4) is 22.9 Å². The molecule has 1 N–H and O–H groups in total. The van der Waals surface area contributed by atoms with Crippen molar-refractivity contribution in [2.45, 2.75) is 50.9 Å².